The number of hydrogen-bond acceptors (Lipinski definition) is 7. The molecule has 4 aliphatic rings. The minimum Gasteiger partial charge on any atom is -0.508 e. The van der Waals surface area contributed by atoms with Gasteiger partial charge in [-0.2, -0.15) is 9.97 Å². The average Bonchev–Trinajstić information content (AvgIpc) is 3.62. The smallest absolute Gasteiger partial charge is 0.319 e. The first-order valence-electron chi connectivity index (χ1n) is 15.2. The zero-order valence-electron chi connectivity index (χ0n) is 23.5. The molecule has 4 atom stereocenters. The molecule has 4 fully saturated rings. The van der Waals surface area contributed by atoms with Crippen LogP contribution < -0.4 is 15.0 Å². The highest BCUT2D eigenvalue weighted by atomic mass is 19.1. The molecule has 4 aromatic rings. The van der Waals surface area contributed by atoms with Gasteiger partial charge >= 0.3 is 6.01 Å². The van der Waals surface area contributed by atoms with Gasteiger partial charge in [-0.1, -0.05) is 30.3 Å². The Labute approximate surface area is 243 Å². The Morgan fingerprint density at radius 3 is 2.79 bits per heavy atom. The number of nitrogens with zero attached hydrogens (tertiary/aromatic N) is 4. The molecular formula is C33H35F2N5O2. The van der Waals surface area contributed by atoms with Gasteiger partial charge in [-0.25, -0.2) is 8.78 Å². The quantitative estimate of drug-likeness (QED) is 0.324. The molecule has 3 aromatic carbocycles. The number of fused-ring (bicyclic) bond motifs is 5. The Balaban J connectivity index is 1.24. The van der Waals surface area contributed by atoms with Crippen molar-refractivity contribution < 1.29 is 18.6 Å². The fourth-order valence-electron chi connectivity index (χ4n) is 7.94. The van der Waals surface area contributed by atoms with Crippen molar-refractivity contribution in [3.63, 3.8) is 0 Å². The molecule has 7 nitrogen and oxygen atoms in total. The number of hydrogen-bond donors (Lipinski definition) is 2. The molecule has 1 aromatic heterocycles. The monoisotopic (exact) mass is 571 g/mol. The molecule has 218 valence electrons. The van der Waals surface area contributed by atoms with Gasteiger partial charge < -0.3 is 20.1 Å². The van der Waals surface area contributed by atoms with E-state index in [4.69, 9.17) is 9.72 Å². The lowest BCUT2D eigenvalue weighted by Crippen LogP contribution is -2.43. The topological polar surface area (TPSA) is 73.8 Å². The number of anilines is 1. The predicted molar refractivity (Wildman–Crippen MR) is 159 cm³/mol. The van der Waals surface area contributed by atoms with E-state index in [1.165, 1.54) is 6.42 Å². The van der Waals surface area contributed by atoms with E-state index in [0.717, 1.165) is 56.1 Å². The number of alkyl halides is 1. The van der Waals surface area contributed by atoms with Crippen LogP contribution in [0.4, 0.5) is 14.6 Å². The van der Waals surface area contributed by atoms with Crippen LogP contribution in [-0.2, 0) is 0 Å². The van der Waals surface area contributed by atoms with Crippen LogP contribution in [0.15, 0.2) is 48.5 Å². The number of halogens is 2. The van der Waals surface area contributed by atoms with Crippen LogP contribution in [-0.4, -0.2) is 76.6 Å². The standard InChI is InChI=1S/C33H35F2N5O2/c34-21-16-33(11-3-12-40(33)17-21)19-42-32-37-30-27(31(38-32)39-13-10-22-6-7-23(18-39)36-22)9-8-26(29(30)35)28-15-24(41)14-20-4-1-2-5-25(20)28/h1-2,4-5,8-9,14-15,21-23,36,41H,3,6-7,10-13,16-19H2/t21-,22-,23+,33+/m1/s1. The highest BCUT2D eigenvalue weighted by molar-refractivity contribution is 6.01. The molecule has 0 saturated carbocycles. The SMILES string of the molecule is Oc1cc(-c2ccc3c(N4CC[C@H]5CC[C@@H](C4)N5)nc(OC[C@@]45CCCN4C[C@H](F)C5)nc3c2F)c2ccccc2c1. The van der Waals surface area contributed by atoms with Crippen LogP contribution in [0.3, 0.4) is 0 Å². The number of benzene rings is 3. The summed E-state index contributed by atoms with van der Waals surface area (Å²) in [6.07, 6.45) is 4.75. The van der Waals surface area contributed by atoms with Crippen molar-refractivity contribution in [2.45, 2.75) is 62.3 Å². The first kappa shape index (κ1) is 26.1. The summed E-state index contributed by atoms with van der Waals surface area (Å²) < 4.78 is 37.4. The maximum Gasteiger partial charge on any atom is 0.319 e. The summed E-state index contributed by atoms with van der Waals surface area (Å²) in [6.45, 7) is 3.17. The summed E-state index contributed by atoms with van der Waals surface area (Å²) in [6, 6.07) is 15.6. The van der Waals surface area contributed by atoms with Crippen molar-refractivity contribution in [3.8, 4) is 22.9 Å². The maximum atomic E-state index is 16.7. The Morgan fingerprint density at radius 1 is 0.976 bits per heavy atom. The summed E-state index contributed by atoms with van der Waals surface area (Å²) in [4.78, 5) is 14.0. The molecule has 4 aliphatic heterocycles. The number of rotatable bonds is 5. The second kappa shape index (κ2) is 10.0. The van der Waals surface area contributed by atoms with E-state index >= 15 is 4.39 Å². The third kappa shape index (κ3) is 4.36. The zero-order valence-corrected chi connectivity index (χ0v) is 23.5. The molecule has 0 unspecified atom stereocenters. The highest BCUT2D eigenvalue weighted by Crippen LogP contribution is 2.42. The Kier molecular flexibility index (Phi) is 6.23. The lowest BCUT2D eigenvalue weighted by Gasteiger charge is -2.31. The number of aromatic nitrogens is 2. The van der Waals surface area contributed by atoms with E-state index in [1.807, 2.05) is 30.3 Å². The molecule has 2 N–H and O–H groups in total. The molecule has 5 heterocycles. The summed E-state index contributed by atoms with van der Waals surface area (Å²) in [5.41, 5.74) is 0.797. The van der Waals surface area contributed by atoms with Gasteiger partial charge in [0.25, 0.3) is 0 Å². The summed E-state index contributed by atoms with van der Waals surface area (Å²) >= 11 is 0. The Morgan fingerprint density at radius 2 is 1.86 bits per heavy atom. The van der Waals surface area contributed by atoms with Crippen LogP contribution in [0.2, 0.25) is 0 Å². The molecule has 2 bridgehead atoms. The van der Waals surface area contributed by atoms with Gasteiger partial charge in [-0.05, 0) is 73.2 Å². The summed E-state index contributed by atoms with van der Waals surface area (Å²) in [5.74, 6) is 0.272. The number of ether oxygens (including phenoxy) is 1. The van der Waals surface area contributed by atoms with Gasteiger partial charge in [-0.15, -0.1) is 0 Å². The van der Waals surface area contributed by atoms with Crippen LogP contribution in [0.1, 0.15) is 38.5 Å². The molecule has 0 spiro atoms. The van der Waals surface area contributed by atoms with Gasteiger partial charge in [0, 0.05) is 49.1 Å². The minimum absolute atomic E-state index is 0.0748. The van der Waals surface area contributed by atoms with E-state index in [1.54, 1.807) is 18.2 Å². The number of phenols is 1. The van der Waals surface area contributed by atoms with Crippen molar-refractivity contribution in [1.82, 2.24) is 20.2 Å². The second-order valence-electron chi connectivity index (χ2n) is 12.6. The van der Waals surface area contributed by atoms with Crippen LogP contribution >= 0.6 is 0 Å². The van der Waals surface area contributed by atoms with Gasteiger partial charge in [0.15, 0.2) is 5.82 Å². The molecule has 0 amide bonds. The zero-order chi connectivity index (χ0) is 28.4. The third-order valence-electron chi connectivity index (χ3n) is 9.96. The second-order valence-corrected chi connectivity index (χ2v) is 12.6. The number of aromatic hydroxyl groups is 1. The van der Waals surface area contributed by atoms with Crippen molar-refractivity contribution >= 4 is 27.5 Å². The molecule has 4 saturated heterocycles. The molecule has 8 rings (SSSR count). The van der Waals surface area contributed by atoms with Crippen LogP contribution in [0, 0.1) is 5.82 Å². The molecule has 9 heteroatoms. The number of nitrogens with one attached hydrogen (secondary N) is 1. The largest absolute Gasteiger partial charge is 0.508 e. The van der Waals surface area contributed by atoms with E-state index in [9.17, 15) is 9.50 Å². The fraction of sp³-hybridized carbons (Fsp3) is 0.455. The van der Waals surface area contributed by atoms with Gasteiger partial charge in [0.2, 0.25) is 0 Å². The lowest BCUT2D eigenvalue weighted by atomic mass is 9.95. The summed E-state index contributed by atoms with van der Waals surface area (Å²) in [5, 5.41) is 16.5. The van der Waals surface area contributed by atoms with Crippen LogP contribution in [0.25, 0.3) is 32.8 Å². The van der Waals surface area contributed by atoms with Crippen molar-refractivity contribution in [1.29, 1.82) is 0 Å². The lowest BCUT2D eigenvalue weighted by molar-refractivity contribution is 0.107. The minimum atomic E-state index is -0.862. The van der Waals surface area contributed by atoms with Gasteiger partial charge in [0.05, 0.1) is 5.54 Å². The summed E-state index contributed by atoms with van der Waals surface area (Å²) in [7, 11) is 0. The van der Waals surface area contributed by atoms with Gasteiger partial charge in [-0.3, -0.25) is 4.90 Å². The molecule has 0 aliphatic carbocycles. The Bertz CT molecular complexity index is 1680. The Hall–Kier alpha value is -3.56. The maximum absolute atomic E-state index is 16.7. The first-order valence-corrected chi connectivity index (χ1v) is 15.2. The molecular weight excluding hydrogens is 536 g/mol. The van der Waals surface area contributed by atoms with Crippen molar-refractivity contribution in [2.24, 2.45) is 0 Å². The van der Waals surface area contributed by atoms with Crippen molar-refractivity contribution in [2.75, 3.05) is 37.7 Å². The highest BCUT2D eigenvalue weighted by Gasteiger charge is 2.49. The first-order chi connectivity index (χ1) is 20.5. The fourth-order valence-corrected chi connectivity index (χ4v) is 7.94. The third-order valence-corrected chi connectivity index (χ3v) is 9.96. The molecule has 0 radical (unpaired) electrons. The van der Waals surface area contributed by atoms with E-state index < -0.39 is 12.0 Å². The predicted octanol–water partition coefficient (Wildman–Crippen LogP) is 5.58. The van der Waals surface area contributed by atoms with Crippen molar-refractivity contribution in [3.05, 3.63) is 54.3 Å². The van der Waals surface area contributed by atoms with E-state index in [0.29, 0.717) is 47.4 Å². The van der Waals surface area contributed by atoms with E-state index in [-0.39, 0.29) is 29.4 Å². The average molecular weight is 572 g/mol. The number of phenolic OH excluding ortho intramolecular Hbond substituents is 1. The van der Waals surface area contributed by atoms with Crippen LogP contribution in [0.5, 0.6) is 11.8 Å². The molecule has 42 heavy (non-hydrogen) atoms. The normalized spacial score (nSPS) is 27.6. The van der Waals surface area contributed by atoms with E-state index in [2.05, 4.69) is 20.1 Å². The van der Waals surface area contributed by atoms with Gasteiger partial charge in [0.1, 0.15) is 29.9 Å².